The Morgan fingerprint density at radius 1 is 1.06 bits per heavy atom. The predicted octanol–water partition coefficient (Wildman–Crippen LogP) is 7.99. The van der Waals surface area contributed by atoms with E-state index in [2.05, 4.69) is 30.2 Å². The van der Waals surface area contributed by atoms with Gasteiger partial charge in [-0.15, -0.1) is 0 Å². The Hall–Kier alpha value is -2.73. The zero-order valence-corrected chi connectivity index (χ0v) is 20.3. The summed E-state index contributed by atoms with van der Waals surface area (Å²) in [5, 5.41) is 3.94. The normalized spacial score (nSPS) is 12.0. The quantitative estimate of drug-likeness (QED) is 0.277. The monoisotopic (exact) mass is 502 g/mol. The minimum absolute atomic E-state index is 0.247. The van der Waals surface area contributed by atoms with Crippen molar-refractivity contribution in [3.05, 3.63) is 75.2 Å². The highest BCUT2D eigenvalue weighted by atomic mass is 35.5. The fourth-order valence-electron chi connectivity index (χ4n) is 3.29. The van der Waals surface area contributed by atoms with Gasteiger partial charge in [-0.1, -0.05) is 54.7 Å². The van der Waals surface area contributed by atoms with Gasteiger partial charge in [0.15, 0.2) is 12.2 Å². The van der Waals surface area contributed by atoms with Crippen LogP contribution in [0.2, 0.25) is 15.1 Å². The van der Waals surface area contributed by atoms with Crippen molar-refractivity contribution in [1.82, 2.24) is 4.98 Å². The summed E-state index contributed by atoms with van der Waals surface area (Å²) < 4.78 is 11.4. The van der Waals surface area contributed by atoms with Crippen molar-refractivity contribution in [3.63, 3.8) is 0 Å². The van der Waals surface area contributed by atoms with Gasteiger partial charge in [-0.05, 0) is 66.4 Å². The number of carbonyl (C=O) groups excluding carboxylic acids is 1. The summed E-state index contributed by atoms with van der Waals surface area (Å²) in [5.41, 5.74) is 3.82. The number of benzene rings is 3. The van der Waals surface area contributed by atoms with E-state index in [1.807, 2.05) is 12.1 Å². The smallest absolute Gasteiger partial charge is 0.262 e. The molecule has 0 spiro atoms. The second-order valence-corrected chi connectivity index (χ2v) is 8.91. The van der Waals surface area contributed by atoms with Crippen molar-refractivity contribution in [3.8, 4) is 17.2 Å². The van der Waals surface area contributed by atoms with E-state index in [1.54, 1.807) is 36.4 Å². The fraction of sp³-hybridized carbons (Fsp3) is 0.200. The minimum Gasteiger partial charge on any atom is -0.482 e. The molecule has 5 nitrogen and oxygen atoms in total. The Bertz CT molecular complexity index is 1320. The van der Waals surface area contributed by atoms with Crippen LogP contribution in [0.25, 0.3) is 22.6 Å². The molecule has 8 heteroatoms. The van der Waals surface area contributed by atoms with E-state index in [1.165, 1.54) is 5.56 Å². The van der Waals surface area contributed by atoms with Crippen molar-refractivity contribution in [1.29, 1.82) is 0 Å². The molecule has 0 radical (unpaired) electrons. The minimum atomic E-state index is -0.393. The van der Waals surface area contributed by atoms with Crippen molar-refractivity contribution < 1.29 is 13.9 Å². The summed E-state index contributed by atoms with van der Waals surface area (Å²) >= 11 is 18.2. The van der Waals surface area contributed by atoms with E-state index in [9.17, 15) is 4.79 Å². The van der Waals surface area contributed by atoms with Gasteiger partial charge >= 0.3 is 0 Å². The number of oxazole rings is 1. The highest BCUT2D eigenvalue weighted by Gasteiger charge is 2.14. The number of fused-ring (bicyclic) bond motifs is 1. The molecule has 0 aliphatic rings. The van der Waals surface area contributed by atoms with Gasteiger partial charge < -0.3 is 14.5 Å². The number of amides is 1. The molecule has 0 saturated heterocycles. The summed E-state index contributed by atoms with van der Waals surface area (Å²) in [6, 6.07) is 16.0. The van der Waals surface area contributed by atoms with E-state index in [0.717, 1.165) is 11.9 Å². The first-order valence-corrected chi connectivity index (χ1v) is 11.6. The highest BCUT2D eigenvalue weighted by molar-refractivity contribution is 6.35. The molecule has 1 aromatic heterocycles. The molecular formula is C25H21Cl3N2O3. The van der Waals surface area contributed by atoms with Crippen molar-refractivity contribution in [2.75, 3.05) is 11.9 Å². The number of hydrogen-bond acceptors (Lipinski definition) is 4. The third-order valence-electron chi connectivity index (χ3n) is 5.33. The van der Waals surface area contributed by atoms with Gasteiger partial charge in [0.05, 0.1) is 15.7 Å². The summed E-state index contributed by atoms with van der Waals surface area (Å²) in [6.45, 7) is 4.09. The molecular weight excluding hydrogens is 483 g/mol. The SMILES string of the molecule is CC[C@H](C)c1ccc2oc(-c3ccc(Cl)c(NC(=O)COc4ccc(Cl)cc4Cl)c3)nc2c1. The number of halogens is 3. The van der Waals surface area contributed by atoms with Crippen LogP contribution in [0.1, 0.15) is 31.7 Å². The molecule has 1 atom stereocenters. The number of nitrogens with one attached hydrogen (secondary N) is 1. The van der Waals surface area contributed by atoms with Gasteiger partial charge in [-0.3, -0.25) is 4.79 Å². The molecule has 0 bridgehead atoms. The zero-order chi connectivity index (χ0) is 23.5. The summed E-state index contributed by atoms with van der Waals surface area (Å²) in [4.78, 5) is 17.1. The summed E-state index contributed by atoms with van der Waals surface area (Å²) in [7, 11) is 0. The Balaban J connectivity index is 1.51. The van der Waals surface area contributed by atoms with Crippen LogP contribution in [0.4, 0.5) is 5.69 Å². The first kappa shape index (κ1) is 23.4. The topological polar surface area (TPSA) is 64.4 Å². The van der Waals surface area contributed by atoms with Crippen LogP contribution in [0.5, 0.6) is 5.75 Å². The van der Waals surface area contributed by atoms with Gasteiger partial charge in [0.1, 0.15) is 11.3 Å². The molecule has 0 unspecified atom stereocenters. The number of carbonyl (C=O) groups is 1. The maximum Gasteiger partial charge on any atom is 0.262 e. The van der Waals surface area contributed by atoms with Crippen LogP contribution < -0.4 is 10.1 Å². The lowest BCUT2D eigenvalue weighted by molar-refractivity contribution is -0.118. The Kier molecular flexibility index (Phi) is 7.13. The van der Waals surface area contributed by atoms with Crippen molar-refractivity contribution in [2.45, 2.75) is 26.2 Å². The molecule has 0 aliphatic carbocycles. The van der Waals surface area contributed by atoms with Crippen LogP contribution in [0.15, 0.2) is 59.0 Å². The summed E-state index contributed by atoms with van der Waals surface area (Å²) in [6.07, 6.45) is 1.05. The molecule has 170 valence electrons. The molecule has 0 saturated carbocycles. The van der Waals surface area contributed by atoms with Gasteiger partial charge in [0.25, 0.3) is 5.91 Å². The average Bonchev–Trinajstić information content (AvgIpc) is 3.23. The number of aromatic nitrogens is 1. The average molecular weight is 504 g/mol. The third-order valence-corrected chi connectivity index (χ3v) is 6.19. The Labute approximate surface area is 206 Å². The maximum atomic E-state index is 12.4. The second kappa shape index (κ2) is 10.0. The number of hydrogen-bond donors (Lipinski definition) is 1. The van der Waals surface area contributed by atoms with E-state index in [4.69, 9.17) is 44.0 Å². The van der Waals surface area contributed by atoms with Crippen LogP contribution >= 0.6 is 34.8 Å². The van der Waals surface area contributed by atoms with E-state index >= 15 is 0 Å². The molecule has 1 N–H and O–H groups in total. The van der Waals surface area contributed by atoms with Gasteiger partial charge in [0.2, 0.25) is 5.89 Å². The highest BCUT2D eigenvalue weighted by Crippen LogP contribution is 2.32. The van der Waals surface area contributed by atoms with Crippen molar-refractivity contribution in [2.24, 2.45) is 0 Å². The first-order chi connectivity index (χ1) is 15.8. The Morgan fingerprint density at radius 3 is 2.64 bits per heavy atom. The zero-order valence-electron chi connectivity index (χ0n) is 18.0. The molecule has 0 aliphatic heterocycles. The van der Waals surface area contributed by atoms with E-state index < -0.39 is 5.91 Å². The van der Waals surface area contributed by atoms with E-state index in [0.29, 0.717) is 49.5 Å². The largest absolute Gasteiger partial charge is 0.482 e. The molecule has 33 heavy (non-hydrogen) atoms. The lowest BCUT2D eigenvalue weighted by atomic mass is 9.98. The lowest BCUT2D eigenvalue weighted by Crippen LogP contribution is -2.20. The number of ether oxygens (including phenoxy) is 1. The number of nitrogens with zero attached hydrogens (tertiary/aromatic N) is 1. The molecule has 3 aromatic carbocycles. The van der Waals surface area contributed by atoms with Gasteiger partial charge in [-0.2, -0.15) is 0 Å². The molecule has 4 aromatic rings. The van der Waals surface area contributed by atoms with Crippen molar-refractivity contribution >= 4 is 57.5 Å². The summed E-state index contributed by atoms with van der Waals surface area (Å²) in [5.74, 6) is 0.856. The Morgan fingerprint density at radius 2 is 1.88 bits per heavy atom. The van der Waals surface area contributed by atoms with Crippen LogP contribution in [-0.2, 0) is 4.79 Å². The predicted molar refractivity (Wildman–Crippen MR) is 134 cm³/mol. The van der Waals surface area contributed by atoms with Gasteiger partial charge in [-0.25, -0.2) is 4.98 Å². The number of rotatable bonds is 7. The lowest BCUT2D eigenvalue weighted by Gasteiger charge is -2.10. The molecule has 0 fully saturated rings. The maximum absolute atomic E-state index is 12.4. The van der Waals surface area contributed by atoms with Gasteiger partial charge in [0, 0.05) is 10.6 Å². The van der Waals surface area contributed by atoms with E-state index in [-0.39, 0.29) is 6.61 Å². The standard InChI is InChI=1S/C25H21Cl3N2O3/c1-3-14(2)15-5-8-23-21(10-15)30-25(33-23)16-4-7-18(27)20(11-16)29-24(31)13-32-22-9-6-17(26)12-19(22)28/h4-12,14H,3,13H2,1-2H3,(H,29,31)/t14-/m0/s1. The van der Waals surface area contributed by atoms with Crippen LogP contribution in [0, 0.1) is 0 Å². The molecule has 4 rings (SSSR count). The second-order valence-electron chi connectivity index (χ2n) is 7.66. The van der Waals surface area contributed by atoms with Crippen LogP contribution in [0.3, 0.4) is 0 Å². The third kappa shape index (κ3) is 5.44. The van der Waals surface area contributed by atoms with Crippen LogP contribution in [-0.4, -0.2) is 17.5 Å². The fourth-order valence-corrected chi connectivity index (χ4v) is 3.91. The molecule has 1 amide bonds. The number of anilines is 1. The first-order valence-electron chi connectivity index (χ1n) is 10.4. The molecule has 1 heterocycles.